The molecule has 0 aliphatic rings. The van der Waals surface area contributed by atoms with Gasteiger partial charge in [-0.3, -0.25) is 4.79 Å². The summed E-state index contributed by atoms with van der Waals surface area (Å²) in [7, 11) is 0. The molecule has 1 amide bonds. The first kappa shape index (κ1) is 13.0. The van der Waals surface area contributed by atoms with Crippen molar-refractivity contribution in [1.82, 2.24) is 5.32 Å². The van der Waals surface area contributed by atoms with Crippen molar-refractivity contribution in [2.45, 2.75) is 25.8 Å². The van der Waals surface area contributed by atoms with Crippen LogP contribution in [-0.4, -0.2) is 16.4 Å². The highest BCUT2D eigenvalue weighted by molar-refractivity contribution is 7.80. The van der Waals surface area contributed by atoms with Crippen molar-refractivity contribution in [2.75, 3.05) is 0 Å². The van der Waals surface area contributed by atoms with E-state index in [-0.39, 0.29) is 21.7 Å². The van der Waals surface area contributed by atoms with E-state index >= 15 is 0 Å². The summed E-state index contributed by atoms with van der Waals surface area (Å²) in [6.45, 7) is 3.65. The lowest BCUT2D eigenvalue weighted by molar-refractivity contribution is 0.0926. The molecule has 0 spiro atoms. The second kappa shape index (κ2) is 4.84. The van der Waals surface area contributed by atoms with Crippen LogP contribution >= 0.6 is 23.8 Å². The molecule has 4 nitrogen and oxygen atoms in total. The smallest absolute Gasteiger partial charge is 0.256 e. The Morgan fingerprint density at radius 3 is 2.75 bits per heavy atom. The molecule has 0 saturated carbocycles. The Morgan fingerprint density at radius 1 is 1.75 bits per heavy atom. The van der Waals surface area contributed by atoms with Gasteiger partial charge in [-0.05, 0) is 31.0 Å². The third-order valence-electron chi connectivity index (χ3n) is 2.50. The van der Waals surface area contributed by atoms with Crippen LogP contribution in [0, 0.1) is 0 Å². The van der Waals surface area contributed by atoms with Gasteiger partial charge in [0.1, 0.15) is 0 Å². The molecule has 0 saturated heterocycles. The first-order chi connectivity index (χ1) is 7.40. The number of rotatable bonds is 4. The van der Waals surface area contributed by atoms with E-state index < -0.39 is 5.54 Å². The minimum atomic E-state index is -0.715. The van der Waals surface area contributed by atoms with Crippen LogP contribution < -0.4 is 11.1 Å². The Balaban J connectivity index is 2.86. The second-order valence-corrected chi connectivity index (χ2v) is 4.40. The lowest BCUT2D eigenvalue weighted by Gasteiger charge is -2.28. The maximum atomic E-state index is 11.8. The lowest BCUT2D eigenvalue weighted by Crippen LogP contribution is -2.54. The molecule has 1 atom stereocenters. The number of hydrogen-bond donors (Lipinski definition) is 2. The van der Waals surface area contributed by atoms with Gasteiger partial charge in [0, 0.05) is 0 Å². The van der Waals surface area contributed by atoms with E-state index in [1.54, 1.807) is 6.92 Å². The van der Waals surface area contributed by atoms with Crippen molar-refractivity contribution in [1.29, 1.82) is 0 Å². The molecule has 1 aromatic heterocycles. The van der Waals surface area contributed by atoms with Crippen LogP contribution in [0.4, 0.5) is 0 Å². The molecule has 0 aliphatic carbocycles. The molecule has 1 unspecified atom stereocenters. The summed E-state index contributed by atoms with van der Waals surface area (Å²) in [5.41, 5.74) is 5.14. The second-order valence-electron chi connectivity index (χ2n) is 3.61. The van der Waals surface area contributed by atoms with Crippen LogP contribution in [0.25, 0.3) is 0 Å². The van der Waals surface area contributed by atoms with Crippen molar-refractivity contribution in [2.24, 2.45) is 5.73 Å². The predicted octanol–water partition coefficient (Wildman–Crippen LogP) is 2.12. The number of amides is 1. The van der Waals surface area contributed by atoms with Gasteiger partial charge in [0.25, 0.3) is 5.91 Å². The largest absolute Gasteiger partial charge is 0.452 e. The van der Waals surface area contributed by atoms with E-state index in [9.17, 15) is 4.79 Å². The normalized spacial score (nSPS) is 14.2. The van der Waals surface area contributed by atoms with E-state index in [0.29, 0.717) is 6.42 Å². The van der Waals surface area contributed by atoms with Crippen molar-refractivity contribution in [3.8, 4) is 0 Å². The van der Waals surface area contributed by atoms with E-state index in [1.807, 2.05) is 6.92 Å². The van der Waals surface area contributed by atoms with Crippen molar-refractivity contribution >= 4 is 34.7 Å². The van der Waals surface area contributed by atoms with Gasteiger partial charge in [-0.15, -0.1) is 0 Å². The van der Waals surface area contributed by atoms with Crippen molar-refractivity contribution in [3.05, 3.63) is 23.1 Å². The maximum absolute atomic E-state index is 11.8. The molecule has 0 bridgehead atoms. The van der Waals surface area contributed by atoms with Gasteiger partial charge in [0.15, 0.2) is 0 Å². The average Bonchev–Trinajstić information content (AvgIpc) is 2.64. The van der Waals surface area contributed by atoms with Gasteiger partial charge in [0.05, 0.1) is 22.4 Å². The Hall–Kier alpha value is -1.07. The molecular formula is C10H13ClN2O2S. The third kappa shape index (κ3) is 2.54. The Bertz CT molecular complexity index is 419. The first-order valence-corrected chi connectivity index (χ1v) is 5.54. The fraction of sp³-hybridized carbons (Fsp3) is 0.400. The van der Waals surface area contributed by atoms with Crippen LogP contribution in [0.1, 0.15) is 30.6 Å². The molecule has 3 N–H and O–H groups in total. The molecule has 0 fully saturated rings. The lowest BCUT2D eigenvalue weighted by atomic mass is 9.98. The van der Waals surface area contributed by atoms with Crippen molar-refractivity contribution in [3.63, 3.8) is 0 Å². The van der Waals surface area contributed by atoms with Gasteiger partial charge in [-0.2, -0.15) is 0 Å². The first-order valence-electron chi connectivity index (χ1n) is 4.76. The summed E-state index contributed by atoms with van der Waals surface area (Å²) in [6.07, 6.45) is 1.95. The van der Waals surface area contributed by atoms with Crippen LogP contribution in [0.2, 0.25) is 5.22 Å². The summed E-state index contributed by atoms with van der Waals surface area (Å²) in [5, 5.41) is 2.79. The fourth-order valence-corrected chi connectivity index (χ4v) is 1.49. The highest BCUT2D eigenvalue weighted by Crippen LogP contribution is 2.18. The topological polar surface area (TPSA) is 68.3 Å². The zero-order chi connectivity index (χ0) is 12.3. The SMILES string of the molecule is CCC(C)(NC(=O)c1ccoc1Cl)C(N)=S. The Morgan fingerprint density at radius 2 is 2.38 bits per heavy atom. The van der Waals surface area contributed by atoms with Gasteiger partial charge >= 0.3 is 0 Å². The monoisotopic (exact) mass is 260 g/mol. The number of halogens is 1. The average molecular weight is 261 g/mol. The molecule has 1 aromatic rings. The third-order valence-corrected chi connectivity index (χ3v) is 3.25. The molecule has 16 heavy (non-hydrogen) atoms. The summed E-state index contributed by atoms with van der Waals surface area (Å²) in [5.74, 6) is -0.351. The maximum Gasteiger partial charge on any atom is 0.256 e. The molecule has 1 heterocycles. The number of thiocarbonyl (C=S) groups is 1. The molecular weight excluding hydrogens is 248 g/mol. The molecule has 88 valence electrons. The number of furan rings is 1. The van der Waals surface area contributed by atoms with Crippen LogP contribution in [0.15, 0.2) is 16.7 Å². The number of carbonyl (C=O) groups excluding carboxylic acids is 1. The van der Waals surface area contributed by atoms with Gasteiger partial charge in [-0.25, -0.2) is 0 Å². The summed E-state index contributed by atoms with van der Waals surface area (Å²) in [4.78, 5) is 12.1. The molecule has 1 rings (SSSR count). The predicted molar refractivity (Wildman–Crippen MR) is 66.7 cm³/mol. The van der Waals surface area contributed by atoms with Crippen LogP contribution in [-0.2, 0) is 0 Å². The Labute approximate surface area is 104 Å². The zero-order valence-electron chi connectivity index (χ0n) is 9.04. The zero-order valence-corrected chi connectivity index (χ0v) is 10.6. The van der Waals surface area contributed by atoms with Crippen LogP contribution in [0.5, 0.6) is 0 Å². The van der Waals surface area contributed by atoms with Gasteiger partial charge in [0.2, 0.25) is 5.22 Å². The number of hydrogen-bond acceptors (Lipinski definition) is 3. The summed E-state index contributed by atoms with van der Waals surface area (Å²) < 4.78 is 4.83. The summed E-state index contributed by atoms with van der Waals surface area (Å²) in [6, 6.07) is 1.49. The fourth-order valence-electron chi connectivity index (χ4n) is 1.10. The van der Waals surface area contributed by atoms with Gasteiger partial charge < -0.3 is 15.5 Å². The standard InChI is InChI=1S/C10H13ClN2O2S/c1-3-10(2,9(12)16)13-8(14)6-4-5-15-7(6)11/h4-5H,3H2,1-2H3,(H2,12,16)(H,13,14). The van der Waals surface area contributed by atoms with E-state index in [0.717, 1.165) is 0 Å². The number of nitrogens with two attached hydrogens (primary N) is 1. The Kier molecular flexibility index (Phi) is 3.93. The number of nitrogens with one attached hydrogen (secondary N) is 1. The van der Waals surface area contributed by atoms with Crippen molar-refractivity contribution < 1.29 is 9.21 Å². The summed E-state index contributed by atoms with van der Waals surface area (Å²) >= 11 is 10.6. The quantitative estimate of drug-likeness (QED) is 0.814. The molecule has 6 heteroatoms. The highest BCUT2D eigenvalue weighted by Gasteiger charge is 2.29. The highest BCUT2D eigenvalue weighted by atomic mass is 35.5. The minimum absolute atomic E-state index is 0.0545. The van der Waals surface area contributed by atoms with E-state index in [1.165, 1.54) is 12.3 Å². The molecule has 0 aromatic carbocycles. The minimum Gasteiger partial charge on any atom is -0.452 e. The van der Waals surface area contributed by atoms with E-state index in [2.05, 4.69) is 5.32 Å². The van der Waals surface area contributed by atoms with Crippen LogP contribution in [0.3, 0.4) is 0 Å². The van der Waals surface area contributed by atoms with Gasteiger partial charge in [-0.1, -0.05) is 19.1 Å². The van der Waals surface area contributed by atoms with E-state index in [4.69, 9.17) is 34.0 Å². The molecule has 0 radical (unpaired) electrons. The molecule has 0 aliphatic heterocycles. The number of carbonyl (C=O) groups is 1.